The minimum absolute atomic E-state index is 0.295. The molecular weight excluding hydrogens is 386 g/mol. The maximum atomic E-state index is 6.14. The Morgan fingerprint density at radius 3 is 2.62 bits per heavy atom. The zero-order valence-electron chi connectivity index (χ0n) is 16.7. The van der Waals surface area contributed by atoms with Crippen LogP contribution in [0.15, 0.2) is 42.5 Å². The third-order valence-corrected chi connectivity index (χ3v) is 6.83. The number of rotatable bonds is 6. The fourth-order valence-electron chi connectivity index (χ4n) is 4.86. The van der Waals surface area contributed by atoms with E-state index in [0.29, 0.717) is 18.8 Å². The van der Waals surface area contributed by atoms with Gasteiger partial charge in [-0.25, -0.2) is 0 Å². The molecule has 1 aliphatic carbocycles. The second kappa shape index (κ2) is 8.45. The second-order valence-corrected chi connectivity index (χ2v) is 8.95. The van der Waals surface area contributed by atoms with Gasteiger partial charge in [0.1, 0.15) is 5.75 Å². The van der Waals surface area contributed by atoms with Gasteiger partial charge in [0, 0.05) is 29.6 Å². The minimum atomic E-state index is 0.295. The van der Waals surface area contributed by atoms with Gasteiger partial charge in [-0.3, -0.25) is 4.90 Å². The first-order valence-electron chi connectivity index (χ1n) is 10.8. The Balaban J connectivity index is 1.24. The van der Waals surface area contributed by atoms with Gasteiger partial charge in [0.15, 0.2) is 11.5 Å². The van der Waals surface area contributed by atoms with Gasteiger partial charge in [0.05, 0.1) is 6.61 Å². The first kappa shape index (κ1) is 19.1. The molecule has 0 spiro atoms. The van der Waals surface area contributed by atoms with E-state index in [1.807, 2.05) is 30.3 Å². The van der Waals surface area contributed by atoms with Gasteiger partial charge in [-0.15, -0.1) is 0 Å². The highest BCUT2D eigenvalue weighted by Crippen LogP contribution is 2.43. The van der Waals surface area contributed by atoms with E-state index < -0.39 is 0 Å². The van der Waals surface area contributed by atoms with Crippen molar-refractivity contribution in [2.24, 2.45) is 11.8 Å². The normalized spacial score (nSPS) is 22.9. The van der Waals surface area contributed by atoms with Crippen LogP contribution in [0.4, 0.5) is 0 Å². The Morgan fingerprint density at radius 2 is 1.83 bits per heavy atom. The molecule has 2 fully saturated rings. The van der Waals surface area contributed by atoms with E-state index in [4.69, 9.17) is 25.8 Å². The van der Waals surface area contributed by atoms with Crippen LogP contribution in [-0.2, 0) is 0 Å². The van der Waals surface area contributed by atoms with Crippen molar-refractivity contribution in [1.29, 1.82) is 0 Å². The van der Waals surface area contributed by atoms with Crippen molar-refractivity contribution < 1.29 is 14.2 Å². The summed E-state index contributed by atoms with van der Waals surface area (Å²) in [5.41, 5.74) is 1.41. The molecule has 1 saturated carbocycles. The van der Waals surface area contributed by atoms with Gasteiger partial charge in [-0.1, -0.05) is 30.2 Å². The predicted octanol–water partition coefficient (Wildman–Crippen LogP) is 5.70. The Labute approximate surface area is 177 Å². The summed E-state index contributed by atoms with van der Waals surface area (Å²) in [5.74, 6) is 3.75. The molecule has 0 N–H and O–H groups in total. The fourth-order valence-corrected chi connectivity index (χ4v) is 4.99. The highest BCUT2D eigenvalue weighted by Gasteiger charge is 2.35. The maximum Gasteiger partial charge on any atom is 0.231 e. The van der Waals surface area contributed by atoms with E-state index in [9.17, 15) is 0 Å². The van der Waals surface area contributed by atoms with E-state index in [1.54, 1.807) is 0 Å². The number of fused-ring (bicyclic) bond motifs is 1. The summed E-state index contributed by atoms with van der Waals surface area (Å²) < 4.78 is 17.0. The third-order valence-electron chi connectivity index (χ3n) is 6.58. The number of nitrogens with zero attached hydrogens (tertiary/aromatic N) is 1. The van der Waals surface area contributed by atoms with Crippen LogP contribution in [0.1, 0.15) is 43.7 Å². The molecule has 0 bridgehead atoms. The molecule has 4 nitrogen and oxygen atoms in total. The summed E-state index contributed by atoms with van der Waals surface area (Å²) in [5, 5.41) is 0.815. The highest BCUT2D eigenvalue weighted by molar-refractivity contribution is 6.30. The van der Waals surface area contributed by atoms with Crippen molar-refractivity contribution >= 4 is 11.6 Å². The topological polar surface area (TPSA) is 30.9 Å². The average molecular weight is 414 g/mol. The van der Waals surface area contributed by atoms with E-state index >= 15 is 0 Å². The summed E-state index contributed by atoms with van der Waals surface area (Å²) >= 11 is 6.14. The zero-order valence-corrected chi connectivity index (χ0v) is 17.4. The van der Waals surface area contributed by atoms with Gasteiger partial charge >= 0.3 is 0 Å². The van der Waals surface area contributed by atoms with Crippen molar-refractivity contribution in [2.45, 2.75) is 38.1 Å². The van der Waals surface area contributed by atoms with Crippen molar-refractivity contribution in [2.75, 3.05) is 26.5 Å². The summed E-state index contributed by atoms with van der Waals surface area (Å²) in [6.07, 6.45) is 6.48. The predicted molar refractivity (Wildman–Crippen MR) is 114 cm³/mol. The van der Waals surface area contributed by atoms with Crippen molar-refractivity contribution in [3.05, 3.63) is 53.1 Å². The lowest BCUT2D eigenvalue weighted by Crippen LogP contribution is -2.43. The third kappa shape index (κ3) is 4.19. The smallest absolute Gasteiger partial charge is 0.231 e. The molecule has 1 saturated heterocycles. The summed E-state index contributed by atoms with van der Waals surface area (Å²) in [7, 11) is 0. The zero-order chi connectivity index (χ0) is 19.6. The molecule has 2 aromatic carbocycles. The first-order chi connectivity index (χ1) is 14.3. The molecule has 0 radical (unpaired) electrons. The van der Waals surface area contributed by atoms with E-state index in [1.165, 1.54) is 44.2 Å². The molecular formula is C24H28ClNO3. The molecule has 29 heavy (non-hydrogen) atoms. The Bertz CT molecular complexity index is 837. The number of piperidine rings is 1. The SMILES string of the molecule is Clc1ccc(C(C2CCC2)N2CCCC(COc3ccc4c(c3)OCO4)C2)cc1. The Morgan fingerprint density at radius 1 is 1.00 bits per heavy atom. The van der Waals surface area contributed by atoms with Gasteiger partial charge in [-0.05, 0) is 68.0 Å². The quantitative estimate of drug-likeness (QED) is 0.607. The van der Waals surface area contributed by atoms with Gasteiger partial charge in [-0.2, -0.15) is 0 Å². The lowest BCUT2D eigenvalue weighted by molar-refractivity contribution is 0.0435. The molecule has 2 aromatic rings. The molecule has 154 valence electrons. The van der Waals surface area contributed by atoms with E-state index in [2.05, 4.69) is 17.0 Å². The van der Waals surface area contributed by atoms with Crippen molar-refractivity contribution in [3.63, 3.8) is 0 Å². The molecule has 2 unspecified atom stereocenters. The molecule has 5 heteroatoms. The number of benzene rings is 2. The molecule has 5 rings (SSSR count). The van der Waals surface area contributed by atoms with Gasteiger partial charge in [0.2, 0.25) is 6.79 Å². The number of halogens is 1. The largest absolute Gasteiger partial charge is 0.493 e. The van der Waals surface area contributed by atoms with Crippen LogP contribution in [0, 0.1) is 11.8 Å². The van der Waals surface area contributed by atoms with Crippen LogP contribution < -0.4 is 14.2 Å². The summed E-state index contributed by atoms with van der Waals surface area (Å²) in [4.78, 5) is 2.70. The van der Waals surface area contributed by atoms with Crippen LogP contribution in [0.2, 0.25) is 5.02 Å². The minimum Gasteiger partial charge on any atom is -0.493 e. The molecule has 2 heterocycles. The lowest BCUT2D eigenvalue weighted by Gasteiger charge is -2.45. The van der Waals surface area contributed by atoms with Gasteiger partial charge < -0.3 is 14.2 Å². The van der Waals surface area contributed by atoms with Crippen LogP contribution in [0.5, 0.6) is 17.2 Å². The molecule has 2 aliphatic heterocycles. The van der Waals surface area contributed by atoms with E-state index in [-0.39, 0.29) is 0 Å². The van der Waals surface area contributed by atoms with Gasteiger partial charge in [0.25, 0.3) is 0 Å². The van der Waals surface area contributed by atoms with Crippen LogP contribution >= 0.6 is 11.6 Å². The molecule has 0 amide bonds. The summed E-state index contributed by atoms with van der Waals surface area (Å²) in [6.45, 7) is 3.30. The average Bonchev–Trinajstić information content (AvgIpc) is 3.18. The number of ether oxygens (including phenoxy) is 3. The summed E-state index contributed by atoms with van der Waals surface area (Å²) in [6, 6.07) is 14.9. The first-order valence-corrected chi connectivity index (χ1v) is 11.2. The number of hydrogen-bond acceptors (Lipinski definition) is 4. The van der Waals surface area contributed by atoms with Crippen molar-refractivity contribution in [1.82, 2.24) is 4.90 Å². The van der Waals surface area contributed by atoms with Crippen LogP contribution in [0.25, 0.3) is 0 Å². The second-order valence-electron chi connectivity index (χ2n) is 8.52. The Kier molecular flexibility index (Phi) is 5.56. The maximum absolute atomic E-state index is 6.14. The monoisotopic (exact) mass is 413 g/mol. The number of likely N-dealkylation sites (tertiary alicyclic amines) is 1. The molecule has 2 atom stereocenters. The van der Waals surface area contributed by atoms with E-state index in [0.717, 1.165) is 41.3 Å². The fraction of sp³-hybridized carbons (Fsp3) is 0.500. The lowest BCUT2D eigenvalue weighted by atomic mass is 9.75. The Hall–Kier alpha value is -1.91. The molecule has 3 aliphatic rings. The highest BCUT2D eigenvalue weighted by atomic mass is 35.5. The standard InChI is InChI=1S/C24H28ClNO3/c25-20-8-6-19(7-9-20)24(18-4-1-5-18)26-12-2-3-17(14-26)15-27-21-10-11-22-23(13-21)29-16-28-22/h6-11,13,17-18,24H,1-5,12,14-16H2. The van der Waals surface area contributed by atoms with Crippen LogP contribution in [0.3, 0.4) is 0 Å². The van der Waals surface area contributed by atoms with Crippen molar-refractivity contribution in [3.8, 4) is 17.2 Å². The van der Waals surface area contributed by atoms with Crippen LogP contribution in [-0.4, -0.2) is 31.4 Å². The molecule has 0 aromatic heterocycles. The number of hydrogen-bond donors (Lipinski definition) is 0.